The molecule has 1 unspecified atom stereocenters. The lowest BCUT2D eigenvalue weighted by Crippen LogP contribution is -2.48. The molecule has 5 rings (SSSR count). The van der Waals surface area contributed by atoms with Crippen LogP contribution < -0.4 is 4.74 Å². The number of Topliss-reactive ketones (excluding diaryl/α,β-unsaturated/α-hetero) is 1. The van der Waals surface area contributed by atoms with E-state index in [2.05, 4.69) is 28.0 Å². The number of nitrogens with zero attached hydrogens (tertiary/aromatic N) is 2. The molecule has 2 aromatic carbocycles. The largest absolute Gasteiger partial charge is 0.493 e. The fourth-order valence-electron chi connectivity index (χ4n) is 6.07. The lowest BCUT2D eigenvalue weighted by molar-refractivity contribution is -0.146. The van der Waals surface area contributed by atoms with Crippen LogP contribution in [-0.4, -0.2) is 66.6 Å². The van der Waals surface area contributed by atoms with Gasteiger partial charge < -0.3 is 14.7 Å². The maximum atomic E-state index is 13.6. The molecule has 2 aromatic rings. The number of hydrogen-bond donors (Lipinski definition) is 1. The molecule has 5 nitrogen and oxygen atoms in total. The maximum Gasteiger partial charge on any atom is 0.183 e. The first-order valence-corrected chi connectivity index (χ1v) is 13.1. The van der Waals surface area contributed by atoms with Gasteiger partial charge in [-0.05, 0) is 67.4 Å². The molecule has 0 spiro atoms. The quantitative estimate of drug-likeness (QED) is 0.646. The van der Waals surface area contributed by atoms with Crippen LogP contribution in [0.25, 0.3) is 0 Å². The van der Waals surface area contributed by atoms with Crippen LogP contribution in [0.5, 0.6) is 5.75 Å². The van der Waals surface area contributed by atoms with Gasteiger partial charge in [0.15, 0.2) is 11.4 Å². The summed E-state index contributed by atoms with van der Waals surface area (Å²) in [6.07, 6.45) is 7.18. The molecule has 0 aromatic heterocycles. The van der Waals surface area contributed by atoms with Gasteiger partial charge in [0.25, 0.3) is 0 Å². The van der Waals surface area contributed by atoms with E-state index in [0.29, 0.717) is 6.54 Å². The van der Waals surface area contributed by atoms with Crippen LogP contribution in [0.15, 0.2) is 48.5 Å². The highest BCUT2D eigenvalue weighted by molar-refractivity contribution is 5.90. The highest BCUT2D eigenvalue weighted by Crippen LogP contribution is 2.41. The second-order valence-electron chi connectivity index (χ2n) is 10.3. The van der Waals surface area contributed by atoms with Gasteiger partial charge in [0.1, 0.15) is 5.75 Å². The van der Waals surface area contributed by atoms with Gasteiger partial charge in [0.05, 0.1) is 13.2 Å². The molecule has 1 atom stereocenters. The number of rotatable bonds is 8. The zero-order chi connectivity index (χ0) is 23.4. The Hall–Kier alpha value is -2.21. The summed E-state index contributed by atoms with van der Waals surface area (Å²) in [5.74, 6) is 1.05. The predicted octanol–water partition coefficient (Wildman–Crippen LogP) is 3.82. The number of carbonyl (C=O) groups is 1. The van der Waals surface area contributed by atoms with Gasteiger partial charge >= 0.3 is 0 Å². The number of ether oxygens (including phenoxy) is 1. The third-order valence-corrected chi connectivity index (χ3v) is 8.10. The van der Waals surface area contributed by atoms with Crippen molar-refractivity contribution in [1.82, 2.24) is 9.80 Å². The molecule has 34 heavy (non-hydrogen) atoms. The van der Waals surface area contributed by atoms with E-state index in [1.54, 1.807) is 0 Å². The standard InChI is InChI=1S/C29H38N2O3/c32-28(29(33,26-9-4-5-10-26)25-7-2-1-3-8-25)22-31-16-6-15-30(18-19-31)17-13-23-11-12-27-24(21-23)14-20-34-27/h1-3,7-8,11-12,21,26,33H,4-6,9-10,13-20,22H2. The van der Waals surface area contributed by atoms with E-state index in [-0.39, 0.29) is 11.7 Å². The molecule has 1 aliphatic carbocycles. The number of ketones is 1. The summed E-state index contributed by atoms with van der Waals surface area (Å²) in [5.41, 5.74) is 2.13. The van der Waals surface area contributed by atoms with E-state index in [9.17, 15) is 9.90 Å². The van der Waals surface area contributed by atoms with Gasteiger partial charge in [0, 0.05) is 26.1 Å². The molecule has 2 heterocycles. The van der Waals surface area contributed by atoms with E-state index < -0.39 is 5.60 Å². The first-order valence-electron chi connectivity index (χ1n) is 13.1. The molecule has 2 aliphatic heterocycles. The number of fused-ring (bicyclic) bond motifs is 1. The lowest BCUT2D eigenvalue weighted by atomic mass is 9.77. The number of carbonyl (C=O) groups excluding carboxylic acids is 1. The molecule has 1 saturated carbocycles. The predicted molar refractivity (Wildman–Crippen MR) is 134 cm³/mol. The van der Waals surface area contributed by atoms with Gasteiger partial charge in [0.2, 0.25) is 0 Å². The Morgan fingerprint density at radius 3 is 2.56 bits per heavy atom. The molecule has 0 radical (unpaired) electrons. The zero-order valence-electron chi connectivity index (χ0n) is 20.3. The molecular weight excluding hydrogens is 424 g/mol. The highest BCUT2D eigenvalue weighted by Gasteiger charge is 2.46. The Morgan fingerprint density at radius 2 is 1.74 bits per heavy atom. The third-order valence-electron chi connectivity index (χ3n) is 8.10. The topological polar surface area (TPSA) is 53.0 Å². The van der Waals surface area contributed by atoms with E-state index in [1.165, 1.54) is 11.1 Å². The first-order chi connectivity index (χ1) is 16.6. The van der Waals surface area contributed by atoms with Gasteiger partial charge in [-0.2, -0.15) is 0 Å². The minimum Gasteiger partial charge on any atom is -0.493 e. The second kappa shape index (κ2) is 10.6. The Balaban J connectivity index is 1.18. The highest BCUT2D eigenvalue weighted by atomic mass is 16.5. The Kier molecular flexibility index (Phi) is 7.33. The van der Waals surface area contributed by atoms with Crippen molar-refractivity contribution in [3.8, 4) is 5.75 Å². The van der Waals surface area contributed by atoms with Crippen LogP contribution in [0.4, 0.5) is 0 Å². The van der Waals surface area contributed by atoms with Crippen LogP contribution >= 0.6 is 0 Å². The fraction of sp³-hybridized carbons (Fsp3) is 0.552. The molecule has 0 bridgehead atoms. The number of aliphatic hydroxyl groups is 1. The Bertz CT molecular complexity index is 973. The zero-order valence-corrected chi connectivity index (χ0v) is 20.3. The van der Waals surface area contributed by atoms with E-state index in [1.807, 2.05) is 30.3 Å². The minimum absolute atomic E-state index is 0.0283. The van der Waals surface area contributed by atoms with Crippen molar-refractivity contribution in [1.29, 1.82) is 0 Å². The smallest absolute Gasteiger partial charge is 0.183 e. The monoisotopic (exact) mass is 462 g/mol. The Morgan fingerprint density at radius 1 is 0.971 bits per heavy atom. The SMILES string of the molecule is O=C(CN1CCCN(CCc2ccc3c(c2)CCO3)CC1)C(O)(c1ccccc1)C1CCCC1. The summed E-state index contributed by atoms with van der Waals surface area (Å²) >= 11 is 0. The summed E-state index contributed by atoms with van der Waals surface area (Å²) in [6.45, 7) is 5.99. The molecule has 5 heteroatoms. The summed E-state index contributed by atoms with van der Waals surface area (Å²) in [4.78, 5) is 18.4. The molecule has 0 amide bonds. The summed E-state index contributed by atoms with van der Waals surface area (Å²) in [5, 5.41) is 11.8. The van der Waals surface area contributed by atoms with E-state index in [0.717, 1.165) is 95.6 Å². The van der Waals surface area contributed by atoms with Crippen molar-refractivity contribution in [3.05, 3.63) is 65.2 Å². The average molecular weight is 463 g/mol. The van der Waals surface area contributed by atoms with Crippen molar-refractivity contribution in [2.45, 2.75) is 50.5 Å². The minimum atomic E-state index is -1.36. The Labute approximate surface area is 203 Å². The molecule has 1 N–H and O–H groups in total. The third kappa shape index (κ3) is 5.07. The molecule has 1 saturated heterocycles. The second-order valence-corrected chi connectivity index (χ2v) is 10.3. The van der Waals surface area contributed by atoms with Crippen LogP contribution in [0.3, 0.4) is 0 Å². The molecule has 2 fully saturated rings. The normalized spacial score (nSPS) is 21.6. The van der Waals surface area contributed by atoms with Gasteiger partial charge in [-0.3, -0.25) is 9.69 Å². The van der Waals surface area contributed by atoms with Crippen LogP contribution in [0.2, 0.25) is 0 Å². The maximum absolute atomic E-state index is 13.6. The van der Waals surface area contributed by atoms with Gasteiger partial charge in [-0.25, -0.2) is 0 Å². The molecular formula is C29H38N2O3. The van der Waals surface area contributed by atoms with Crippen molar-refractivity contribution in [3.63, 3.8) is 0 Å². The van der Waals surface area contributed by atoms with Crippen molar-refractivity contribution >= 4 is 5.78 Å². The van der Waals surface area contributed by atoms with E-state index in [4.69, 9.17) is 4.74 Å². The van der Waals surface area contributed by atoms with Crippen LogP contribution in [0, 0.1) is 5.92 Å². The molecule has 182 valence electrons. The molecule has 3 aliphatic rings. The van der Waals surface area contributed by atoms with Crippen LogP contribution in [-0.2, 0) is 23.2 Å². The summed E-state index contributed by atoms with van der Waals surface area (Å²) in [6, 6.07) is 16.3. The lowest BCUT2D eigenvalue weighted by Gasteiger charge is -2.35. The summed E-state index contributed by atoms with van der Waals surface area (Å²) in [7, 11) is 0. The summed E-state index contributed by atoms with van der Waals surface area (Å²) < 4.78 is 5.63. The first kappa shape index (κ1) is 23.5. The van der Waals surface area contributed by atoms with Crippen molar-refractivity contribution < 1.29 is 14.6 Å². The van der Waals surface area contributed by atoms with Crippen LogP contribution in [0.1, 0.15) is 48.8 Å². The number of benzene rings is 2. The fourth-order valence-corrected chi connectivity index (χ4v) is 6.07. The number of hydrogen-bond acceptors (Lipinski definition) is 5. The van der Waals surface area contributed by atoms with Crippen molar-refractivity contribution in [2.24, 2.45) is 5.92 Å². The average Bonchev–Trinajstić information content (AvgIpc) is 3.53. The van der Waals surface area contributed by atoms with Gasteiger partial charge in [-0.15, -0.1) is 0 Å². The van der Waals surface area contributed by atoms with Crippen molar-refractivity contribution in [2.75, 3.05) is 45.9 Å². The van der Waals surface area contributed by atoms with E-state index >= 15 is 0 Å². The van der Waals surface area contributed by atoms with Gasteiger partial charge in [-0.1, -0.05) is 55.3 Å².